The molecule has 6 heteroatoms. The second kappa shape index (κ2) is 9.58. The third kappa shape index (κ3) is 6.58. The van der Waals surface area contributed by atoms with Crippen molar-refractivity contribution in [2.45, 2.75) is 52.4 Å². The molecule has 0 aromatic heterocycles. The molecule has 22 heavy (non-hydrogen) atoms. The van der Waals surface area contributed by atoms with Gasteiger partial charge in [0.15, 0.2) is 6.29 Å². The Bertz CT molecular complexity index is 395. The normalized spacial score (nSPS) is 20.6. The van der Waals surface area contributed by atoms with Crippen LogP contribution in [0, 0.1) is 5.92 Å². The van der Waals surface area contributed by atoms with Crippen LogP contribution in [0.4, 0.5) is 0 Å². The number of methoxy groups -OCH3 is 1. The Morgan fingerprint density at radius 3 is 2.55 bits per heavy atom. The van der Waals surface area contributed by atoms with E-state index in [0.29, 0.717) is 12.2 Å². The average Bonchev–Trinajstić information content (AvgIpc) is 2.49. The summed E-state index contributed by atoms with van der Waals surface area (Å²) in [5.41, 5.74) is 0.330. The number of esters is 2. The predicted octanol–water partition coefficient (Wildman–Crippen LogP) is 2.22. The van der Waals surface area contributed by atoms with E-state index in [9.17, 15) is 9.59 Å². The number of hydrogen-bond acceptors (Lipinski definition) is 6. The lowest BCUT2D eigenvalue weighted by molar-refractivity contribution is -0.160. The fraction of sp³-hybridized carbons (Fsp3) is 0.750. The topological polar surface area (TPSA) is 71.1 Å². The summed E-state index contributed by atoms with van der Waals surface area (Å²) >= 11 is 0. The summed E-state index contributed by atoms with van der Waals surface area (Å²) < 4.78 is 21.1. The summed E-state index contributed by atoms with van der Waals surface area (Å²) in [6.07, 6.45) is 3.69. The van der Waals surface area contributed by atoms with Gasteiger partial charge in [-0.1, -0.05) is 13.8 Å². The third-order valence-corrected chi connectivity index (χ3v) is 3.33. The third-order valence-electron chi connectivity index (χ3n) is 3.33. The molecule has 0 bridgehead atoms. The first-order chi connectivity index (χ1) is 10.4. The minimum Gasteiger partial charge on any atom is -0.466 e. The van der Waals surface area contributed by atoms with Crippen molar-refractivity contribution in [3.63, 3.8) is 0 Å². The van der Waals surface area contributed by atoms with Crippen molar-refractivity contribution in [1.29, 1.82) is 0 Å². The number of rotatable bonds is 7. The highest BCUT2D eigenvalue weighted by molar-refractivity contribution is 5.88. The Labute approximate surface area is 131 Å². The second-order valence-electron chi connectivity index (χ2n) is 5.61. The van der Waals surface area contributed by atoms with Crippen LogP contribution in [-0.2, 0) is 28.5 Å². The molecule has 1 fully saturated rings. The van der Waals surface area contributed by atoms with Crippen LogP contribution in [0.5, 0.6) is 0 Å². The van der Waals surface area contributed by atoms with Crippen LogP contribution >= 0.6 is 0 Å². The predicted molar refractivity (Wildman–Crippen MR) is 80.0 cm³/mol. The summed E-state index contributed by atoms with van der Waals surface area (Å²) in [5.74, 6) is -0.848. The molecule has 2 atom stereocenters. The highest BCUT2D eigenvalue weighted by Crippen LogP contribution is 2.17. The molecule has 0 aromatic rings. The molecule has 0 aromatic carbocycles. The van der Waals surface area contributed by atoms with Crippen LogP contribution in [-0.4, -0.2) is 44.7 Å². The highest BCUT2D eigenvalue weighted by Gasteiger charge is 2.21. The maximum Gasteiger partial charge on any atom is 0.335 e. The van der Waals surface area contributed by atoms with E-state index < -0.39 is 18.0 Å². The van der Waals surface area contributed by atoms with E-state index in [1.165, 1.54) is 14.0 Å². The lowest BCUT2D eigenvalue weighted by atomic mass is 10.0. The molecule has 126 valence electrons. The van der Waals surface area contributed by atoms with Gasteiger partial charge in [-0.2, -0.15) is 0 Å². The van der Waals surface area contributed by atoms with Crippen LogP contribution in [0.2, 0.25) is 0 Å². The number of carbonyl (C=O) groups excluding carboxylic acids is 2. The summed E-state index contributed by atoms with van der Waals surface area (Å²) in [5, 5.41) is 0. The van der Waals surface area contributed by atoms with Gasteiger partial charge in [0.05, 0.1) is 19.3 Å². The maximum absolute atomic E-state index is 11.9. The molecule has 0 aliphatic carbocycles. The molecule has 1 heterocycles. The van der Waals surface area contributed by atoms with E-state index in [1.54, 1.807) is 6.08 Å². The van der Waals surface area contributed by atoms with Crippen molar-refractivity contribution >= 4 is 11.9 Å². The summed E-state index contributed by atoms with van der Waals surface area (Å²) in [7, 11) is 1.31. The van der Waals surface area contributed by atoms with Gasteiger partial charge in [0, 0.05) is 13.5 Å². The van der Waals surface area contributed by atoms with Gasteiger partial charge in [0.25, 0.3) is 0 Å². The zero-order valence-electron chi connectivity index (χ0n) is 13.8. The van der Waals surface area contributed by atoms with Gasteiger partial charge in [-0.05, 0) is 31.3 Å². The minimum atomic E-state index is -0.498. The van der Waals surface area contributed by atoms with Crippen LogP contribution in [0.3, 0.4) is 0 Å². The number of hydrogen-bond donors (Lipinski definition) is 0. The summed E-state index contributed by atoms with van der Waals surface area (Å²) in [6.45, 7) is 5.90. The van der Waals surface area contributed by atoms with E-state index in [2.05, 4.69) is 0 Å². The summed E-state index contributed by atoms with van der Waals surface area (Å²) in [4.78, 5) is 23.0. The standard InChI is InChI=1S/C16H26O6/c1-11(2)14(22-12(3)17)9-13(16(18)19-4)10-21-15-7-5-6-8-20-15/h9,11,14-15H,5-8,10H2,1-4H3/b13-9-. The Morgan fingerprint density at radius 2 is 2.05 bits per heavy atom. The van der Waals surface area contributed by atoms with Gasteiger partial charge in [-0.15, -0.1) is 0 Å². The molecule has 1 aliphatic heterocycles. The molecule has 2 unspecified atom stereocenters. The minimum absolute atomic E-state index is 0.0366. The fourth-order valence-electron chi connectivity index (χ4n) is 2.08. The van der Waals surface area contributed by atoms with Gasteiger partial charge in [-0.25, -0.2) is 4.79 Å². The Kier molecular flexibility index (Phi) is 8.12. The zero-order chi connectivity index (χ0) is 16.5. The van der Waals surface area contributed by atoms with Crippen LogP contribution in [0.1, 0.15) is 40.0 Å². The fourth-order valence-corrected chi connectivity index (χ4v) is 2.08. The first-order valence-electron chi connectivity index (χ1n) is 7.63. The highest BCUT2D eigenvalue weighted by atomic mass is 16.7. The van der Waals surface area contributed by atoms with Crippen molar-refractivity contribution in [3.05, 3.63) is 11.6 Å². The number of ether oxygens (including phenoxy) is 4. The smallest absolute Gasteiger partial charge is 0.335 e. The van der Waals surface area contributed by atoms with Gasteiger partial charge < -0.3 is 18.9 Å². The van der Waals surface area contributed by atoms with E-state index in [0.717, 1.165) is 19.3 Å². The lowest BCUT2D eigenvalue weighted by Gasteiger charge is -2.23. The van der Waals surface area contributed by atoms with Crippen molar-refractivity contribution < 1.29 is 28.5 Å². The molecule has 0 radical (unpaired) electrons. The van der Waals surface area contributed by atoms with E-state index in [4.69, 9.17) is 18.9 Å². The molecule has 6 nitrogen and oxygen atoms in total. The monoisotopic (exact) mass is 314 g/mol. The van der Waals surface area contributed by atoms with Gasteiger partial charge in [-0.3, -0.25) is 4.79 Å². The van der Waals surface area contributed by atoms with Gasteiger partial charge in [0.1, 0.15) is 6.10 Å². The van der Waals surface area contributed by atoms with Crippen LogP contribution < -0.4 is 0 Å². The molecule has 1 rings (SSSR count). The molecular weight excluding hydrogens is 288 g/mol. The Morgan fingerprint density at radius 1 is 1.32 bits per heavy atom. The first-order valence-corrected chi connectivity index (χ1v) is 7.63. The van der Waals surface area contributed by atoms with Crippen molar-refractivity contribution in [3.8, 4) is 0 Å². The largest absolute Gasteiger partial charge is 0.466 e. The SMILES string of the molecule is COC(=O)/C(=C\C(OC(C)=O)C(C)C)COC1CCCCO1. The first kappa shape index (κ1) is 18.6. The second-order valence-corrected chi connectivity index (χ2v) is 5.61. The molecule has 0 N–H and O–H groups in total. The van der Waals surface area contributed by atoms with E-state index >= 15 is 0 Å². The molecule has 1 saturated heterocycles. The van der Waals surface area contributed by atoms with Crippen molar-refractivity contribution in [2.24, 2.45) is 5.92 Å². The maximum atomic E-state index is 11.9. The summed E-state index contributed by atoms with van der Waals surface area (Å²) in [6, 6.07) is 0. The average molecular weight is 314 g/mol. The number of carbonyl (C=O) groups is 2. The van der Waals surface area contributed by atoms with Crippen LogP contribution in [0.15, 0.2) is 11.6 Å². The van der Waals surface area contributed by atoms with Gasteiger partial charge >= 0.3 is 11.9 Å². The molecular formula is C16H26O6. The molecule has 0 spiro atoms. The molecule has 0 amide bonds. The van der Waals surface area contributed by atoms with Gasteiger partial charge in [0.2, 0.25) is 0 Å². The quantitative estimate of drug-likeness (QED) is 0.530. The van der Waals surface area contributed by atoms with E-state index in [-0.39, 0.29) is 18.8 Å². The molecule has 0 saturated carbocycles. The van der Waals surface area contributed by atoms with Crippen LogP contribution in [0.25, 0.3) is 0 Å². The van der Waals surface area contributed by atoms with Crippen molar-refractivity contribution in [1.82, 2.24) is 0 Å². The van der Waals surface area contributed by atoms with E-state index in [1.807, 2.05) is 13.8 Å². The lowest BCUT2D eigenvalue weighted by Crippen LogP contribution is -2.26. The zero-order valence-corrected chi connectivity index (χ0v) is 13.8. The molecule has 1 aliphatic rings. The Hall–Kier alpha value is -1.40. The van der Waals surface area contributed by atoms with Crippen molar-refractivity contribution in [2.75, 3.05) is 20.3 Å². The Balaban J connectivity index is 2.73.